The lowest BCUT2D eigenvalue weighted by molar-refractivity contribution is -0.141. The maximum absolute atomic E-state index is 12.9. The third-order valence-electron chi connectivity index (χ3n) is 5.45. The van der Waals surface area contributed by atoms with Crippen molar-refractivity contribution in [2.75, 3.05) is 6.54 Å². The van der Waals surface area contributed by atoms with Gasteiger partial charge in [0.25, 0.3) is 0 Å². The van der Waals surface area contributed by atoms with E-state index in [0.717, 1.165) is 0 Å². The summed E-state index contributed by atoms with van der Waals surface area (Å²) < 4.78 is 0. The second kappa shape index (κ2) is 14.2. The zero-order chi connectivity index (χ0) is 28.2. The molecule has 0 fully saturated rings. The number of nitrogens with one attached hydrogen (secondary N) is 3. The van der Waals surface area contributed by atoms with Gasteiger partial charge in [-0.25, -0.2) is 4.79 Å². The van der Waals surface area contributed by atoms with Crippen molar-refractivity contribution < 1.29 is 44.4 Å². The van der Waals surface area contributed by atoms with Crippen LogP contribution in [0.4, 0.5) is 0 Å². The lowest BCUT2D eigenvalue weighted by Gasteiger charge is -2.21. The summed E-state index contributed by atoms with van der Waals surface area (Å²) in [4.78, 5) is 60.0. The summed E-state index contributed by atoms with van der Waals surface area (Å²) in [5.41, 5.74) is 6.84. The van der Waals surface area contributed by atoms with Crippen LogP contribution in [0, 0.1) is 0 Å². The van der Waals surface area contributed by atoms with Crippen molar-refractivity contribution in [3.63, 3.8) is 0 Å². The van der Waals surface area contributed by atoms with Gasteiger partial charge >= 0.3 is 11.9 Å². The molecule has 3 unspecified atom stereocenters. The van der Waals surface area contributed by atoms with Gasteiger partial charge in [0.1, 0.15) is 23.6 Å². The SMILES string of the molecule is NC(CCC(=O)O)C(=O)NC(Cc1ccc(O)cc1)C(=O)NCC(=O)NC(Cc1ccc(O)cc1)C(=O)O. The molecule has 38 heavy (non-hydrogen) atoms. The van der Waals surface area contributed by atoms with Crippen molar-refractivity contribution >= 4 is 29.7 Å². The van der Waals surface area contributed by atoms with E-state index in [1.165, 1.54) is 48.5 Å². The minimum absolute atomic E-state index is 0.00386. The summed E-state index contributed by atoms with van der Waals surface area (Å²) in [6.07, 6.45) is -0.611. The Morgan fingerprint density at radius 3 is 1.71 bits per heavy atom. The summed E-state index contributed by atoms with van der Waals surface area (Å²) in [7, 11) is 0. The Balaban J connectivity index is 2.02. The highest BCUT2D eigenvalue weighted by molar-refractivity contribution is 5.93. The second-order valence-corrected chi connectivity index (χ2v) is 8.52. The topological polar surface area (TPSA) is 228 Å². The highest BCUT2D eigenvalue weighted by Crippen LogP contribution is 2.13. The predicted molar refractivity (Wildman–Crippen MR) is 133 cm³/mol. The van der Waals surface area contributed by atoms with Gasteiger partial charge in [0.05, 0.1) is 12.6 Å². The molecular formula is C25H30N4O9. The van der Waals surface area contributed by atoms with Crippen molar-refractivity contribution in [3.8, 4) is 11.5 Å². The molecule has 2 aromatic rings. The van der Waals surface area contributed by atoms with Crippen molar-refractivity contribution in [3.05, 3.63) is 59.7 Å². The number of carboxylic acid groups (broad SMARTS) is 2. The van der Waals surface area contributed by atoms with Gasteiger partial charge in [0.15, 0.2) is 0 Å². The Labute approximate surface area is 217 Å². The van der Waals surface area contributed by atoms with Crippen LogP contribution in [0.2, 0.25) is 0 Å². The molecule has 3 amide bonds. The first kappa shape index (κ1) is 29.6. The van der Waals surface area contributed by atoms with Gasteiger partial charge in [-0.2, -0.15) is 0 Å². The Kier molecular flexibility index (Phi) is 11.0. The molecule has 0 aliphatic heterocycles. The number of phenolic OH excluding ortho intramolecular Hbond substituents is 2. The van der Waals surface area contributed by atoms with Crippen LogP contribution in [0.25, 0.3) is 0 Å². The molecule has 13 nitrogen and oxygen atoms in total. The molecule has 0 heterocycles. The van der Waals surface area contributed by atoms with Crippen molar-refractivity contribution in [1.29, 1.82) is 0 Å². The van der Waals surface area contributed by atoms with E-state index in [4.69, 9.17) is 10.8 Å². The number of aliphatic carboxylic acids is 2. The third kappa shape index (κ3) is 10.1. The first-order valence-corrected chi connectivity index (χ1v) is 11.6. The van der Waals surface area contributed by atoms with Crippen LogP contribution in [0.1, 0.15) is 24.0 Å². The number of carbonyl (C=O) groups is 5. The first-order chi connectivity index (χ1) is 17.9. The van der Waals surface area contributed by atoms with Crippen LogP contribution in [-0.4, -0.2) is 74.8 Å². The number of phenols is 2. The quantitative estimate of drug-likeness (QED) is 0.152. The van der Waals surface area contributed by atoms with Crippen LogP contribution >= 0.6 is 0 Å². The number of hydrogen-bond donors (Lipinski definition) is 8. The van der Waals surface area contributed by atoms with Gasteiger partial charge in [-0.15, -0.1) is 0 Å². The molecule has 204 valence electrons. The number of carboxylic acids is 2. The molecule has 0 aromatic heterocycles. The fourth-order valence-corrected chi connectivity index (χ4v) is 3.37. The predicted octanol–water partition coefficient (Wildman–Crippen LogP) is -0.754. The average molecular weight is 531 g/mol. The summed E-state index contributed by atoms with van der Waals surface area (Å²) >= 11 is 0. The van der Waals surface area contributed by atoms with Crippen LogP contribution in [-0.2, 0) is 36.8 Å². The maximum Gasteiger partial charge on any atom is 0.326 e. The van der Waals surface area contributed by atoms with Gasteiger partial charge < -0.3 is 42.1 Å². The molecule has 9 N–H and O–H groups in total. The van der Waals surface area contributed by atoms with E-state index in [0.29, 0.717) is 11.1 Å². The molecule has 0 saturated carbocycles. The van der Waals surface area contributed by atoms with Gasteiger partial charge in [-0.1, -0.05) is 24.3 Å². The number of amides is 3. The van der Waals surface area contributed by atoms with Gasteiger partial charge in [0.2, 0.25) is 17.7 Å². The molecule has 3 atom stereocenters. The Bertz CT molecular complexity index is 1140. The molecule has 0 spiro atoms. The molecule has 13 heteroatoms. The van der Waals surface area contributed by atoms with E-state index in [1.807, 2.05) is 0 Å². The zero-order valence-electron chi connectivity index (χ0n) is 20.3. The van der Waals surface area contributed by atoms with Gasteiger partial charge in [0, 0.05) is 19.3 Å². The number of rotatable bonds is 14. The van der Waals surface area contributed by atoms with Crippen LogP contribution in [0.3, 0.4) is 0 Å². The van der Waals surface area contributed by atoms with Crippen LogP contribution in [0.5, 0.6) is 11.5 Å². The summed E-state index contributed by atoms with van der Waals surface area (Å²) in [6.45, 7) is -0.592. The van der Waals surface area contributed by atoms with Gasteiger partial charge in [-0.3, -0.25) is 19.2 Å². The summed E-state index contributed by atoms with van der Waals surface area (Å²) in [5, 5.41) is 44.2. The number of carbonyl (C=O) groups excluding carboxylic acids is 3. The van der Waals surface area contributed by atoms with E-state index < -0.39 is 54.3 Å². The van der Waals surface area contributed by atoms with E-state index in [2.05, 4.69) is 16.0 Å². The maximum atomic E-state index is 12.9. The highest BCUT2D eigenvalue weighted by atomic mass is 16.4. The van der Waals surface area contributed by atoms with Crippen molar-refractivity contribution in [1.82, 2.24) is 16.0 Å². The Morgan fingerprint density at radius 2 is 1.24 bits per heavy atom. The second-order valence-electron chi connectivity index (χ2n) is 8.52. The van der Waals surface area contributed by atoms with Crippen molar-refractivity contribution in [2.45, 2.75) is 43.8 Å². The Morgan fingerprint density at radius 1 is 0.737 bits per heavy atom. The highest BCUT2D eigenvalue weighted by Gasteiger charge is 2.26. The number of benzene rings is 2. The molecule has 0 saturated heterocycles. The minimum atomic E-state index is -1.30. The summed E-state index contributed by atoms with van der Waals surface area (Å²) in [5.74, 6) is -4.77. The monoisotopic (exact) mass is 530 g/mol. The molecule has 2 aromatic carbocycles. The first-order valence-electron chi connectivity index (χ1n) is 11.6. The molecule has 2 rings (SSSR count). The largest absolute Gasteiger partial charge is 0.508 e. The molecule has 0 bridgehead atoms. The Hall–Kier alpha value is -4.65. The number of nitrogens with two attached hydrogens (primary N) is 1. The van der Waals surface area contributed by atoms with E-state index in [9.17, 15) is 39.3 Å². The van der Waals surface area contributed by atoms with Crippen molar-refractivity contribution in [2.24, 2.45) is 5.73 Å². The number of aromatic hydroxyl groups is 2. The smallest absolute Gasteiger partial charge is 0.326 e. The standard InChI is InChI=1S/C25H30N4O9/c26-18(9-10-22(33)34)23(35)29-19(11-14-1-5-16(30)6-2-14)24(36)27-13-21(32)28-20(25(37)38)12-15-3-7-17(31)8-4-15/h1-8,18-20,30-31H,9-13,26H2,(H,27,36)(H,28,32)(H,29,35)(H,33,34)(H,37,38). The fraction of sp³-hybridized carbons (Fsp3) is 0.320. The van der Waals surface area contributed by atoms with E-state index in [1.54, 1.807) is 0 Å². The molecule has 0 aliphatic carbocycles. The average Bonchev–Trinajstić information content (AvgIpc) is 2.87. The lowest BCUT2D eigenvalue weighted by Crippen LogP contribution is -2.54. The summed E-state index contributed by atoms with van der Waals surface area (Å²) in [6, 6.07) is 7.91. The number of hydrogen-bond acceptors (Lipinski definition) is 8. The van der Waals surface area contributed by atoms with E-state index in [-0.39, 0.29) is 37.2 Å². The van der Waals surface area contributed by atoms with Crippen LogP contribution < -0.4 is 21.7 Å². The molecule has 0 radical (unpaired) electrons. The van der Waals surface area contributed by atoms with E-state index >= 15 is 0 Å². The van der Waals surface area contributed by atoms with Crippen LogP contribution in [0.15, 0.2) is 48.5 Å². The zero-order valence-corrected chi connectivity index (χ0v) is 20.3. The minimum Gasteiger partial charge on any atom is -0.508 e. The van der Waals surface area contributed by atoms with Gasteiger partial charge in [-0.05, 0) is 41.8 Å². The fourth-order valence-electron chi connectivity index (χ4n) is 3.37. The lowest BCUT2D eigenvalue weighted by atomic mass is 10.0. The normalized spacial score (nSPS) is 13.0. The third-order valence-corrected chi connectivity index (χ3v) is 5.45. The molecular weight excluding hydrogens is 500 g/mol. The molecule has 0 aliphatic rings.